The summed E-state index contributed by atoms with van der Waals surface area (Å²) in [4.78, 5) is 93.4. The summed E-state index contributed by atoms with van der Waals surface area (Å²) in [7, 11) is 0. The number of hydrogen-bond donors (Lipinski definition) is 6. The third-order valence-electron chi connectivity index (χ3n) is 15.7. The van der Waals surface area contributed by atoms with Crippen molar-refractivity contribution in [2.75, 3.05) is 60.6 Å². The number of nitrogens with zero attached hydrogens (tertiary/aromatic N) is 12. The van der Waals surface area contributed by atoms with Gasteiger partial charge in [0.05, 0.1) is 21.6 Å². The quantitative estimate of drug-likeness (QED) is 0.0558. The third-order valence-corrected chi connectivity index (χ3v) is 16.3. The maximum atomic E-state index is 12.8. The molecule has 0 unspecified atom stereocenters. The van der Waals surface area contributed by atoms with Gasteiger partial charge in [0.2, 0.25) is 17.7 Å². The highest BCUT2D eigenvalue weighted by Gasteiger charge is 2.46. The summed E-state index contributed by atoms with van der Waals surface area (Å²) >= 11 is 18.3. The number of pyridine rings is 3. The van der Waals surface area contributed by atoms with Gasteiger partial charge in [-0.05, 0) is 102 Å². The van der Waals surface area contributed by atoms with Crippen LogP contribution in [0.25, 0.3) is 67.3 Å². The van der Waals surface area contributed by atoms with Crippen LogP contribution in [-0.4, -0.2) is 147 Å². The van der Waals surface area contributed by atoms with Crippen LogP contribution in [0.1, 0.15) is 81.2 Å². The largest absolute Gasteiger partial charge is 0.354 e. The zero-order valence-electron chi connectivity index (χ0n) is 47.0. The van der Waals surface area contributed by atoms with E-state index in [-0.39, 0.29) is 26.9 Å². The van der Waals surface area contributed by atoms with E-state index in [9.17, 15) is 27.6 Å². The Labute approximate surface area is 510 Å². The van der Waals surface area contributed by atoms with Gasteiger partial charge in [-0.3, -0.25) is 14.4 Å². The molecular weight excluding hydrogens is 1160 g/mol. The maximum Gasteiger partial charge on any atom is 0.255 e. The van der Waals surface area contributed by atoms with Crippen LogP contribution in [0, 0.1) is 0 Å². The minimum Gasteiger partial charge on any atom is -0.354 e. The van der Waals surface area contributed by atoms with Crippen LogP contribution >= 0.6 is 34.8 Å². The van der Waals surface area contributed by atoms with Crippen molar-refractivity contribution in [3.8, 4) is 34.2 Å². The number of amides is 3. The molecule has 85 heavy (non-hydrogen) atoms. The van der Waals surface area contributed by atoms with E-state index in [1.165, 1.54) is 0 Å². The van der Waals surface area contributed by atoms with Gasteiger partial charge in [-0.25, -0.2) is 58.0 Å². The van der Waals surface area contributed by atoms with Gasteiger partial charge < -0.3 is 45.6 Å². The van der Waals surface area contributed by atoms with Crippen LogP contribution in [0.5, 0.6) is 0 Å². The number of rotatable bonds is 15. The number of hydrogen-bond acceptors (Lipinski definition) is 15. The number of halogens is 6. The first-order chi connectivity index (χ1) is 40.9. The topological polar surface area (TPSA) is 260 Å². The van der Waals surface area contributed by atoms with E-state index >= 15 is 0 Å². The normalized spacial score (nSPS) is 19.3. The van der Waals surface area contributed by atoms with Gasteiger partial charge in [-0.15, -0.1) is 0 Å². The molecule has 3 atom stereocenters. The van der Waals surface area contributed by atoms with Gasteiger partial charge in [0, 0.05) is 130 Å². The lowest BCUT2D eigenvalue weighted by atomic mass is 9.97. The summed E-state index contributed by atoms with van der Waals surface area (Å²) in [5, 5.41) is 12.1. The summed E-state index contributed by atoms with van der Waals surface area (Å²) in [5.74, 6) is 2.96. The molecule has 12 rings (SSSR count). The molecular formula is C58H74Cl3F3N18O3. The van der Waals surface area contributed by atoms with E-state index in [0.29, 0.717) is 87.9 Å². The second-order valence-corrected chi connectivity index (χ2v) is 22.7. The fraction of sp³-hybridized carbons (Fsp3) is 0.379. The number of nitrogens with one attached hydrogen (secondary N) is 6. The van der Waals surface area contributed by atoms with Crippen molar-refractivity contribution < 1.29 is 36.1 Å². The second-order valence-electron chi connectivity index (χ2n) is 21.4. The fourth-order valence-electron chi connectivity index (χ4n) is 11.2. The molecule has 0 bridgehead atoms. The summed E-state index contributed by atoms with van der Waals surface area (Å²) in [6.07, 6.45) is 18.0. The number of fused-ring (bicyclic) bond motifs is 3. The van der Waals surface area contributed by atoms with Crippen LogP contribution in [0.4, 0.5) is 30.6 Å². The predicted molar refractivity (Wildman–Crippen MR) is 335 cm³/mol. The highest BCUT2D eigenvalue weighted by atomic mass is 35.5. The van der Waals surface area contributed by atoms with E-state index in [0.717, 1.165) is 83.0 Å². The Bertz CT molecular complexity index is 3760. The van der Waals surface area contributed by atoms with E-state index in [1.807, 2.05) is 55.0 Å². The predicted octanol–water partition coefficient (Wildman–Crippen LogP) is 11.6. The molecule has 0 aromatic carbocycles. The molecule has 3 aliphatic heterocycles. The Balaban J connectivity index is 0.000000282. The molecule has 0 spiro atoms. The molecule has 3 fully saturated rings. The molecule has 3 amide bonds. The Hall–Kier alpha value is -8.22. The van der Waals surface area contributed by atoms with Crippen molar-refractivity contribution in [3.63, 3.8) is 0 Å². The lowest BCUT2D eigenvalue weighted by molar-refractivity contribution is -0.126. The molecule has 12 heterocycles. The smallest absolute Gasteiger partial charge is 0.255 e. The van der Waals surface area contributed by atoms with Crippen molar-refractivity contribution in [2.24, 2.45) is 0 Å². The van der Waals surface area contributed by atoms with Crippen molar-refractivity contribution in [1.29, 1.82) is 0 Å². The third kappa shape index (κ3) is 12.5. The Morgan fingerprint density at radius 3 is 1.24 bits per heavy atom. The minimum absolute atomic E-state index is 0. The Morgan fingerprint density at radius 2 is 0.906 bits per heavy atom. The first kappa shape index (κ1) is 59.9. The van der Waals surface area contributed by atoms with Crippen LogP contribution in [0.15, 0.2) is 92.2 Å². The van der Waals surface area contributed by atoms with Crippen LogP contribution in [-0.2, 0) is 14.4 Å². The number of carbonyl (C=O) groups excluding carboxylic acids is 3. The molecule has 3 saturated heterocycles. The summed E-state index contributed by atoms with van der Waals surface area (Å²) in [6.45, 7) is 9.16. The molecule has 21 nitrogen and oxygen atoms in total. The minimum atomic E-state index is -2.59. The summed E-state index contributed by atoms with van der Waals surface area (Å²) in [5.41, 5.74) is 2.13. The number of anilines is 3. The van der Waals surface area contributed by atoms with Crippen LogP contribution in [0.2, 0.25) is 15.1 Å². The monoisotopic (exact) mass is 1230 g/mol. The molecule has 456 valence electrons. The van der Waals surface area contributed by atoms with Crippen LogP contribution in [0.3, 0.4) is 0 Å². The van der Waals surface area contributed by atoms with Crippen LogP contribution < -0.4 is 30.7 Å². The second kappa shape index (κ2) is 25.6. The number of alkyl halides is 3. The average Bonchev–Trinajstić information content (AvgIpc) is 1.83. The first-order valence-corrected chi connectivity index (χ1v) is 29.0. The van der Waals surface area contributed by atoms with Gasteiger partial charge in [-0.2, -0.15) is 0 Å². The number of aromatic nitrogens is 12. The van der Waals surface area contributed by atoms with Gasteiger partial charge >= 0.3 is 0 Å². The highest BCUT2D eigenvalue weighted by Crippen LogP contribution is 2.39. The van der Waals surface area contributed by atoms with Gasteiger partial charge in [-0.1, -0.05) is 41.7 Å². The SMILES string of the molecule is CCCNC(=O)[C@@]1(C)CCCN1c1ccnc(-c2c[nH]c3ncc(Cl)cc23)n1.C[C@]1(C(=O)NCC(F)F)CCCN1c1ccnc(-c2c[nH]c3ncc(Cl)cc23)n1.C[C@]1(C(=O)NCCF)CCCN1c1ccnc(-c2c[nH]c3ncc(Cl)cc23)n1.[HH].[HH].[HH].[HH].[HH].[HH]. The molecule has 27 heteroatoms. The van der Waals surface area contributed by atoms with Gasteiger partial charge in [0.1, 0.15) is 57.7 Å². The van der Waals surface area contributed by atoms with Crippen molar-refractivity contribution in [1.82, 2.24) is 75.8 Å². The highest BCUT2D eigenvalue weighted by molar-refractivity contribution is 6.32. The maximum absolute atomic E-state index is 12.8. The zero-order chi connectivity index (χ0) is 60.0. The standard InChI is InChI=1S/C20H23ClN6O.C19H19ClF2N6O.C19H20ClFN6O.6H2/c1-3-7-23-19(28)20(2)6-4-9-27(20)16-5-8-22-18(26-16)15-12-25-17-14(15)10-13(21)11-24-17;1-19(18(29)26-10-14(21)22)4-2-6-28(19)15-3-5-23-17(27-15)13-9-25-16-12(13)7-11(20)8-24-16;1-19(18(28)23-7-5-21)4-2-8-27(19)15-3-6-22-17(26-15)14-11-25-16-13(14)9-12(20)10-24-16;;;;;;/h5,8,10-12H,3-4,6-7,9H2,1-2H3,(H,23,28)(H,24,25);3,5,7-9,14H,2,4,6,10H2,1H3,(H,24,25)(H,26,29);3,6,9-11H,2,4-5,7-8H2,1H3,(H,23,28)(H,24,25);6*1H/t20-;2*19-;;;;;;/m111....../s1. The molecule has 9 aromatic heterocycles. The van der Waals surface area contributed by atoms with Crippen molar-refractivity contribution in [2.45, 2.75) is 95.7 Å². The Morgan fingerprint density at radius 1 is 0.565 bits per heavy atom. The average molecular weight is 1230 g/mol. The van der Waals surface area contributed by atoms with Crippen molar-refractivity contribution >= 4 is 103 Å². The van der Waals surface area contributed by atoms with E-state index in [1.54, 1.807) is 74.7 Å². The number of aromatic amines is 3. The molecule has 6 N–H and O–H groups in total. The fourth-order valence-corrected chi connectivity index (χ4v) is 11.7. The zero-order valence-corrected chi connectivity index (χ0v) is 49.3. The molecule has 3 aliphatic rings. The van der Waals surface area contributed by atoms with Gasteiger partial charge in [0.25, 0.3) is 6.43 Å². The summed E-state index contributed by atoms with van der Waals surface area (Å²) < 4.78 is 37.5. The van der Waals surface area contributed by atoms with Crippen molar-refractivity contribution in [3.05, 3.63) is 107 Å². The molecule has 0 radical (unpaired) electrons. The number of carbonyl (C=O) groups is 3. The lowest BCUT2D eigenvalue weighted by Gasteiger charge is -2.34. The van der Waals surface area contributed by atoms with E-state index in [4.69, 9.17) is 44.8 Å². The number of H-pyrrole nitrogens is 3. The van der Waals surface area contributed by atoms with E-state index < -0.39 is 42.2 Å². The lowest BCUT2D eigenvalue weighted by Crippen LogP contribution is -2.54. The first-order valence-electron chi connectivity index (χ1n) is 27.8. The van der Waals surface area contributed by atoms with E-state index in [2.05, 4.69) is 70.7 Å². The van der Waals surface area contributed by atoms with Gasteiger partial charge in [0.15, 0.2) is 17.5 Å². The molecule has 0 aliphatic carbocycles. The summed E-state index contributed by atoms with van der Waals surface area (Å²) in [6, 6.07) is 10.8. The molecule has 0 saturated carbocycles. The Kier molecular flexibility index (Phi) is 18.0. The molecule has 9 aromatic rings.